The van der Waals surface area contributed by atoms with Crippen molar-refractivity contribution in [1.29, 1.82) is 0 Å². The van der Waals surface area contributed by atoms with Crippen LogP contribution in [0.1, 0.15) is 25.7 Å². The first kappa shape index (κ1) is 21.9. The van der Waals surface area contributed by atoms with Crippen LogP contribution < -0.4 is 10.1 Å². The van der Waals surface area contributed by atoms with Crippen molar-refractivity contribution < 1.29 is 14.3 Å². The highest BCUT2D eigenvalue weighted by atomic mass is 16.5. The highest BCUT2D eigenvalue weighted by molar-refractivity contribution is 5.81. The van der Waals surface area contributed by atoms with E-state index in [1.165, 1.54) is 10.9 Å². The lowest BCUT2D eigenvalue weighted by molar-refractivity contribution is -0.136. The van der Waals surface area contributed by atoms with E-state index < -0.39 is 0 Å². The highest BCUT2D eigenvalue weighted by Crippen LogP contribution is 2.18. The van der Waals surface area contributed by atoms with Gasteiger partial charge in [-0.3, -0.25) is 9.59 Å². The average molecular weight is 434 g/mol. The number of ether oxygens (including phenoxy) is 1. The molecular formula is C26H31N3O3. The van der Waals surface area contributed by atoms with Gasteiger partial charge in [-0.15, -0.1) is 0 Å². The summed E-state index contributed by atoms with van der Waals surface area (Å²) >= 11 is 0. The number of likely N-dealkylation sites (tertiary alicyclic amines) is 1. The molecular weight excluding hydrogens is 402 g/mol. The first-order valence-corrected chi connectivity index (χ1v) is 11.5. The number of rotatable bonds is 9. The summed E-state index contributed by atoms with van der Waals surface area (Å²) in [6.45, 7) is 3.07. The second kappa shape index (κ2) is 10.8. The lowest BCUT2D eigenvalue weighted by Crippen LogP contribution is -2.45. The molecule has 6 nitrogen and oxygen atoms in total. The second-order valence-corrected chi connectivity index (χ2v) is 8.30. The van der Waals surface area contributed by atoms with Crippen molar-refractivity contribution in [2.75, 3.05) is 26.2 Å². The number of aryl methyl sites for hydroxylation is 1. The third-order valence-electron chi connectivity index (χ3n) is 6.03. The normalized spacial score (nSPS) is 16.1. The monoisotopic (exact) mass is 433 g/mol. The molecule has 2 amide bonds. The largest absolute Gasteiger partial charge is 0.493 e. The van der Waals surface area contributed by atoms with Gasteiger partial charge in [-0.2, -0.15) is 0 Å². The molecule has 2 aromatic carbocycles. The summed E-state index contributed by atoms with van der Waals surface area (Å²) in [7, 11) is 0. The summed E-state index contributed by atoms with van der Waals surface area (Å²) < 4.78 is 7.86. The minimum Gasteiger partial charge on any atom is -0.493 e. The standard InChI is InChI=1S/C26H31N3O3/c30-25(14-19-32-23-10-2-1-3-11-23)29-16-6-9-22(20-29)26(31)27-15-7-17-28-18-13-21-8-4-5-12-24(21)28/h1-5,8,10-13,18,22H,6-7,9,14-17,19-20H2,(H,27,31). The Bertz CT molecular complexity index is 1030. The van der Waals surface area contributed by atoms with Gasteiger partial charge in [0.25, 0.3) is 0 Å². The van der Waals surface area contributed by atoms with Crippen LogP contribution in [-0.2, 0) is 16.1 Å². The maximum absolute atomic E-state index is 12.7. The number of benzene rings is 2. The van der Waals surface area contributed by atoms with Crippen LogP contribution in [0.2, 0.25) is 0 Å². The summed E-state index contributed by atoms with van der Waals surface area (Å²) in [5.41, 5.74) is 1.22. The molecule has 0 radical (unpaired) electrons. The Morgan fingerprint density at radius 3 is 2.72 bits per heavy atom. The van der Waals surface area contributed by atoms with Gasteiger partial charge in [0.2, 0.25) is 11.8 Å². The number of hydrogen-bond acceptors (Lipinski definition) is 3. The fourth-order valence-corrected chi connectivity index (χ4v) is 4.29. The lowest BCUT2D eigenvalue weighted by Gasteiger charge is -2.32. The molecule has 3 aromatic rings. The number of aromatic nitrogens is 1. The van der Waals surface area contributed by atoms with E-state index in [0.29, 0.717) is 32.7 Å². The van der Waals surface area contributed by atoms with Gasteiger partial charge in [-0.05, 0) is 48.9 Å². The zero-order valence-electron chi connectivity index (χ0n) is 18.4. The summed E-state index contributed by atoms with van der Waals surface area (Å²) in [5, 5.41) is 4.31. The van der Waals surface area contributed by atoms with Gasteiger partial charge in [0, 0.05) is 37.9 Å². The van der Waals surface area contributed by atoms with Crippen LogP contribution in [0.15, 0.2) is 66.9 Å². The molecule has 1 N–H and O–H groups in total. The number of para-hydroxylation sites is 2. The van der Waals surface area contributed by atoms with E-state index in [0.717, 1.165) is 31.6 Å². The first-order valence-electron chi connectivity index (χ1n) is 11.5. The van der Waals surface area contributed by atoms with Gasteiger partial charge in [0.1, 0.15) is 5.75 Å². The molecule has 32 heavy (non-hydrogen) atoms. The van der Waals surface area contributed by atoms with E-state index in [4.69, 9.17) is 4.74 Å². The molecule has 1 unspecified atom stereocenters. The third-order valence-corrected chi connectivity index (χ3v) is 6.03. The number of amides is 2. The van der Waals surface area contributed by atoms with Crippen molar-refractivity contribution in [2.45, 2.75) is 32.2 Å². The number of nitrogens with one attached hydrogen (secondary N) is 1. The Balaban J connectivity index is 1.17. The molecule has 1 aliphatic heterocycles. The van der Waals surface area contributed by atoms with E-state index in [1.807, 2.05) is 47.4 Å². The maximum Gasteiger partial charge on any atom is 0.226 e. The Kier molecular flexibility index (Phi) is 7.43. The van der Waals surface area contributed by atoms with Gasteiger partial charge in [0.05, 0.1) is 18.9 Å². The number of nitrogens with zero attached hydrogens (tertiary/aromatic N) is 2. The predicted octanol–water partition coefficient (Wildman–Crippen LogP) is 3.86. The SMILES string of the molecule is O=C(NCCCn1ccc2ccccc21)C1CCCN(C(=O)CCOc2ccccc2)C1. The summed E-state index contributed by atoms with van der Waals surface area (Å²) in [4.78, 5) is 27.0. The van der Waals surface area contributed by atoms with Gasteiger partial charge in [-0.1, -0.05) is 36.4 Å². The molecule has 0 spiro atoms. The molecule has 6 heteroatoms. The van der Waals surface area contributed by atoms with Crippen LogP contribution in [-0.4, -0.2) is 47.5 Å². The minimum atomic E-state index is -0.129. The van der Waals surface area contributed by atoms with Crippen molar-refractivity contribution in [2.24, 2.45) is 5.92 Å². The highest BCUT2D eigenvalue weighted by Gasteiger charge is 2.28. The van der Waals surface area contributed by atoms with Gasteiger partial charge in [0.15, 0.2) is 0 Å². The van der Waals surface area contributed by atoms with Crippen molar-refractivity contribution in [3.05, 3.63) is 66.9 Å². The topological polar surface area (TPSA) is 63.6 Å². The molecule has 1 atom stereocenters. The van der Waals surface area contributed by atoms with Crippen LogP contribution in [0.3, 0.4) is 0 Å². The third kappa shape index (κ3) is 5.69. The van der Waals surface area contributed by atoms with Gasteiger partial charge < -0.3 is 19.5 Å². The van der Waals surface area contributed by atoms with Crippen LogP contribution in [0.4, 0.5) is 0 Å². The van der Waals surface area contributed by atoms with Crippen LogP contribution >= 0.6 is 0 Å². The Morgan fingerprint density at radius 1 is 1.03 bits per heavy atom. The van der Waals surface area contributed by atoms with Crippen molar-refractivity contribution in [3.8, 4) is 5.75 Å². The molecule has 0 aliphatic carbocycles. The van der Waals surface area contributed by atoms with Gasteiger partial charge >= 0.3 is 0 Å². The lowest BCUT2D eigenvalue weighted by atomic mass is 9.97. The Labute approximate surface area is 189 Å². The summed E-state index contributed by atoms with van der Waals surface area (Å²) in [6.07, 6.45) is 4.99. The van der Waals surface area contributed by atoms with Crippen LogP contribution in [0.5, 0.6) is 5.75 Å². The van der Waals surface area contributed by atoms with Gasteiger partial charge in [-0.25, -0.2) is 0 Å². The molecule has 0 bridgehead atoms. The summed E-state index contributed by atoms with van der Waals surface area (Å²) in [5.74, 6) is 0.748. The number of hydrogen-bond donors (Lipinski definition) is 1. The van der Waals surface area contributed by atoms with Crippen molar-refractivity contribution in [1.82, 2.24) is 14.8 Å². The molecule has 1 aliphatic rings. The molecule has 4 rings (SSSR count). The van der Waals surface area contributed by atoms with Crippen LogP contribution in [0.25, 0.3) is 10.9 Å². The zero-order valence-corrected chi connectivity index (χ0v) is 18.4. The molecule has 0 saturated carbocycles. The first-order chi connectivity index (χ1) is 15.7. The smallest absolute Gasteiger partial charge is 0.226 e. The number of carbonyl (C=O) groups is 2. The van der Waals surface area contributed by atoms with Crippen molar-refractivity contribution in [3.63, 3.8) is 0 Å². The summed E-state index contributed by atoms with van der Waals surface area (Å²) in [6, 6.07) is 19.9. The average Bonchev–Trinajstić information content (AvgIpc) is 3.25. The minimum absolute atomic E-state index is 0.0536. The van der Waals surface area contributed by atoms with E-state index in [1.54, 1.807) is 0 Å². The number of piperidine rings is 1. The molecule has 1 fully saturated rings. The Morgan fingerprint density at radius 2 is 1.84 bits per heavy atom. The zero-order chi connectivity index (χ0) is 22.2. The van der Waals surface area contributed by atoms with E-state index >= 15 is 0 Å². The maximum atomic E-state index is 12.7. The predicted molar refractivity (Wildman–Crippen MR) is 125 cm³/mol. The fraction of sp³-hybridized carbons (Fsp3) is 0.385. The van der Waals surface area contributed by atoms with Crippen molar-refractivity contribution >= 4 is 22.7 Å². The van der Waals surface area contributed by atoms with E-state index in [9.17, 15) is 9.59 Å². The fourth-order valence-electron chi connectivity index (χ4n) is 4.29. The molecule has 2 heterocycles. The number of fused-ring (bicyclic) bond motifs is 1. The Hall–Kier alpha value is -3.28. The quantitative estimate of drug-likeness (QED) is 0.521. The van der Waals surface area contributed by atoms with Crippen LogP contribution in [0, 0.1) is 5.92 Å². The van der Waals surface area contributed by atoms with E-state index in [2.05, 4.69) is 34.3 Å². The molecule has 1 aromatic heterocycles. The molecule has 168 valence electrons. The van der Waals surface area contributed by atoms with E-state index in [-0.39, 0.29) is 17.7 Å². The molecule has 1 saturated heterocycles. The number of carbonyl (C=O) groups excluding carboxylic acids is 2. The second-order valence-electron chi connectivity index (χ2n) is 8.30.